The Morgan fingerprint density at radius 1 is 0.508 bits per heavy atom. The lowest BCUT2D eigenvalue weighted by Gasteiger charge is -2.42. The quantitative estimate of drug-likeness (QED) is 0.154. The highest BCUT2D eigenvalue weighted by atomic mass is 16.3. The molecule has 11 aromatic rings. The van der Waals surface area contributed by atoms with E-state index in [1.807, 2.05) is 0 Å². The predicted molar refractivity (Wildman–Crippen MR) is 274 cm³/mol. The molecule has 14 rings (SSSR count). The third-order valence-corrected chi connectivity index (χ3v) is 15.6. The lowest BCUT2D eigenvalue weighted by atomic mass is 9.43. The van der Waals surface area contributed by atoms with Gasteiger partial charge in [-0.2, -0.15) is 0 Å². The molecule has 65 heavy (non-hydrogen) atoms. The third kappa shape index (κ3) is 4.78. The van der Waals surface area contributed by atoms with E-state index in [1.54, 1.807) is 0 Å². The molecule has 0 fully saturated rings. The van der Waals surface area contributed by atoms with Crippen molar-refractivity contribution in [1.29, 1.82) is 0 Å². The van der Waals surface area contributed by atoms with Gasteiger partial charge >= 0.3 is 6.85 Å². The second-order valence-electron chi connectivity index (χ2n) is 21.8. The van der Waals surface area contributed by atoms with Crippen LogP contribution in [0.5, 0.6) is 0 Å². The molecule has 0 bridgehead atoms. The molecule has 4 nitrogen and oxygen atoms in total. The van der Waals surface area contributed by atoms with E-state index in [9.17, 15) is 0 Å². The number of hydrogen-bond donors (Lipinski definition) is 0. The zero-order valence-corrected chi connectivity index (χ0v) is 38.5. The first-order valence-electron chi connectivity index (χ1n) is 23.3. The van der Waals surface area contributed by atoms with Gasteiger partial charge in [-0.05, 0) is 134 Å². The van der Waals surface area contributed by atoms with E-state index in [0.29, 0.717) is 0 Å². The minimum atomic E-state index is -0.182. The first kappa shape index (κ1) is 37.4. The van der Waals surface area contributed by atoms with Crippen LogP contribution in [0.25, 0.3) is 93.6 Å². The van der Waals surface area contributed by atoms with Crippen molar-refractivity contribution in [2.45, 2.75) is 78.6 Å². The molecule has 5 heteroatoms. The zero-order chi connectivity index (χ0) is 44.2. The summed E-state index contributed by atoms with van der Waals surface area (Å²) in [5.41, 5.74) is 24.2. The van der Waals surface area contributed by atoms with Gasteiger partial charge in [0.15, 0.2) is 0 Å². The Balaban J connectivity index is 1.15. The Hall–Kier alpha value is -6.98. The van der Waals surface area contributed by atoms with E-state index in [2.05, 4.69) is 205 Å². The van der Waals surface area contributed by atoms with E-state index in [4.69, 9.17) is 8.83 Å². The number of benzene rings is 8. The standard InChI is InChI=1S/C60H49BN2O2/c1-32-24-43-40-26-46-39(36-23-20-34(59(5,6)7)25-45(36)60(46,8)9)27-49(40)63(35-21-18-33(19-22-35)58(2,3)4)61-47-31-54-42(38-15-11-13-17-52(38)65-54)29-50(47)62-48-28-41-37-14-10-12-16-51(37)64-53(41)30-44(48)55(32)57(62)56(43)61/h10-31H,1-9H3. The predicted octanol–water partition coefficient (Wildman–Crippen LogP) is 15.0. The van der Waals surface area contributed by atoms with Gasteiger partial charge in [0.05, 0.1) is 11.0 Å². The lowest BCUT2D eigenvalue weighted by Crippen LogP contribution is -2.60. The van der Waals surface area contributed by atoms with Gasteiger partial charge in [0.2, 0.25) is 0 Å². The highest BCUT2D eigenvalue weighted by Gasteiger charge is 2.47. The maximum Gasteiger partial charge on any atom is 0.333 e. The van der Waals surface area contributed by atoms with Crippen molar-refractivity contribution in [3.63, 3.8) is 0 Å². The topological polar surface area (TPSA) is 34.5 Å². The fourth-order valence-electron chi connectivity index (χ4n) is 12.2. The van der Waals surface area contributed by atoms with Crippen LogP contribution in [0.3, 0.4) is 0 Å². The van der Waals surface area contributed by atoms with E-state index in [1.165, 1.54) is 99.9 Å². The number of aryl methyl sites for hydroxylation is 1. The van der Waals surface area contributed by atoms with Crippen LogP contribution < -0.4 is 15.7 Å². The van der Waals surface area contributed by atoms with Gasteiger partial charge in [0.1, 0.15) is 22.3 Å². The first-order chi connectivity index (χ1) is 31.1. The molecule has 8 aromatic carbocycles. The molecule has 0 spiro atoms. The van der Waals surface area contributed by atoms with E-state index < -0.39 is 0 Å². The molecule has 3 aromatic heterocycles. The molecule has 0 saturated heterocycles. The Labute approximate surface area is 379 Å². The molecule has 1 aliphatic carbocycles. The number of furan rings is 2. The fraction of sp³-hybridized carbons (Fsp3) is 0.200. The van der Waals surface area contributed by atoms with Crippen molar-refractivity contribution in [3.05, 3.63) is 161 Å². The van der Waals surface area contributed by atoms with E-state index in [0.717, 1.165) is 43.9 Å². The van der Waals surface area contributed by atoms with Crippen LogP contribution >= 0.6 is 0 Å². The molecule has 0 unspecified atom stereocenters. The zero-order valence-electron chi connectivity index (χ0n) is 38.5. The van der Waals surface area contributed by atoms with Gasteiger partial charge in [0.25, 0.3) is 0 Å². The number of rotatable bonds is 1. The minimum Gasteiger partial charge on any atom is -0.456 e. The third-order valence-electron chi connectivity index (χ3n) is 15.6. The lowest BCUT2D eigenvalue weighted by molar-refractivity contribution is 0.584. The normalized spacial score (nSPS) is 14.9. The Bertz CT molecular complexity index is 3950. The van der Waals surface area contributed by atoms with E-state index >= 15 is 0 Å². The summed E-state index contributed by atoms with van der Waals surface area (Å²) >= 11 is 0. The summed E-state index contributed by atoms with van der Waals surface area (Å²) in [6, 6.07) is 50.7. The van der Waals surface area contributed by atoms with Crippen LogP contribution in [-0.4, -0.2) is 11.4 Å². The molecule has 0 saturated carbocycles. The molecule has 0 amide bonds. The summed E-state index contributed by atoms with van der Waals surface area (Å²) in [5.74, 6) is 0. The van der Waals surface area contributed by atoms with E-state index in [-0.39, 0.29) is 23.1 Å². The number of para-hydroxylation sites is 2. The molecular weight excluding hydrogens is 791 g/mol. The minimum absolute atomic E-state index is 0.0203. The molecule has 3 aliphatic rings. The van der Waals surface area contributed by atoms with Crippen molar-refractivity contribution in [3.8, 4) is 27.9 Å². The average Bonchev–Trinajstić information content (AvgIpc) is 4.00. The van der Waals surface area contributed by atoms with Crippen LogP contribution in [0, 0.1) is 6.92 Å². The number of fused-ring (bicyclic) bond motifs is 17. The molecule has 2 aliphatic heterocycles. The maximum atomic E-state index is 6.78. The summed E-state index contributed by atoms with van der Waals surface area (Å²) in [6.07, 6.45) is 0. The molecule has 0 N–H and O–H groups in total. The largest absolute Gasteiger partial charge is 0.456 e. The highest BCUT2D eigenvalue weighted by molar-refractivity contribution is 6.94. The summed E-state index contributed by atoms with van der Waals surface area (Å²) < 4.78 is 16.0. The van der Waals surface area contributed by atoms with Crippen molar-refractivity contribution in [2.24, 2.45) is 0 Å². The molecular formula is C60H49BN2O2. The number of nitrogens with zero attached hydrogens (tertiary/aromatic N) is 2. The second kappa shape index (κ2) is 12.0. The van der Waals surface area contributed by atoms with Crippen LogP contribution in [0.1, 0.15) is 83.2 Å². The van der Waals surface area contributed by atoms with Gasteiger partial charge in [-0.1, -0.05) is 128 Å². The van der Waals surface area contributed by atoms with Gasteiger partial charge in [-0.3, -0.25) is 0 Å². The Morgan fingerprint density at radius 3 is 1.83 bits per heavy atom. The average molecular weight is 841 g/mol. The molecule has 5 heterocycles. The summed E-state index contributed by atoms with van der Waals surface area (Å²) in [4.78, 5) is 2.67. The van der Waals surface area contributed by atoms with Gasteiger partial charge in [0, 0.05) is 60.4 Å². The smallest absolute Gasteiger partial charge is 0.333 e. The van der Waals surface area contributed by atoms with Crippen molar-refractivity contribution in [1.82, 2.24) is 4.57 Å². The fourth-order valence-corrected chi connectivity index (χ4v) is 12.2. The van der Waals surface area contributed by atoms with Crippen LogP contribution in [0.2, 0.25) is 0 Å². The van der Waals surface area contributed by atoms with Crippen LogP contribution in [0.15, 0.2) is 142 Å². The van der Waals surface area contributed by atoms with Gasteiger partial charge in [-0.15, -0.1) is 0 Å². The number of hydrogen-bond acceptors (Lipinski definition) is 3. The Morgan fingerprint density at radius 2 is 1.14 bits per heavy atom. The SMILES string of the molecule is Cc1cc2c3c4c1c1cc5oc6ccccc6c5cc1n4-c1cc4c(cc1B3N(c1ccc(C(C)(C)C)cc1)c1cc3c(cc1-2)C(C)(C)c1cc(C(C)(C)C)ccc1-3)oc1ccccc14. The van der Waals surface area contributed by atoms with Crippen molar-refractivity contribution >= 4 is 94.8 Å². The Kier molecular flexibility index (Phi) is 6.92. The summed E-state index contributed by atoms with van der Waals surface area (Å²) in [7, 11) is 0. The second-order valence-corrected chi connectivity index (χ2v) is 21.8. The van der Waals surface area contributed by atoms with Crippen LogP contribution in [-0.2, 0) is 16.2 Å². The molecule has 0 atom stereocenters. The van der Waals surface area contributed by atoms with Crippen LogP contribution in [0.4, 0.5) is 11.4 Å². The van der Waals surface area contributed by atoms with Gasteiger partial charge < -0.3 is 18.2 Å². The highest BCUT2D eigenvalue weighted by Crippen LogP contribution is 2.55. The number of aromatic nitrogens is 1. The molecule has 314 valence electrons. The molecule has 0 radical (unpaired) electrons. The summed E-state index contributed by atoms with van der Waals surface area (Å²) in [6.45, 7) is 20.9. The monoisotopic (exact) mass is 840 g/mol. The van der Waals surface area contributed by atoms with Gasteiger partial charge in [-0.25, -0.2) is 0 Å². The van der Waals surface area contributed by atoms with Crippen molar-refractivity contribution < 1.29 is 8.83 Å². The van der Waals surface area contributed by atoms with Crippen molar-refractivity contribution in [2.75, 3.05) is 4.81 Å². The maximum absolute atomic E-state index is 6.78. The number of anilines is 2. The summed E-state index contributed by atoms with van der Waals surface area (Å²) in [5, 5.41) is 7.02. The first-order valence-corrected chi connectivity index (χ1v) is 23.3.